The number of aliphatic hydroxyl groups is 1. The quantitative estimate of drug-likeness (QED) is 0.907. The molecular formula is C17H27NO2. The molecule has 1 atom stereocenters. The number of rotatable bonds is 5. The van der Waals surface area contributed by atoms with E-state index < -0.39 is 111 Å². The van der Waals surface area contributed by atoms with Crippen molar-refractivity contribution in [3.8, 4) is 5.75 Å². The van der Waals surface area contributed by atoms with Crippen LogP contribution in [0.3, 0.4) is 0 Å². The van der Waals surface area contributed by atoms with Gasteiger partial charge in [-0.25, -0.2) is 0 Å². The van der Waals surface area contributed by atoms with E-state index in [0.29, 0.717) is 0 Å². The third-order valence-electron chi connectivity index (χ3n) is 2.37. The van der Waals surface area contributed by atoms with Gasteiger partial charge in [0.05, 0.1) is 22.2 Å². The second-order valence-corrected chi connectivity index (χ2v) is 3.71. The largest absolute Gasteiger partial charge is 0.497 e. The predicted octanol–water partition coefficient (Wildman–Crippen LogP) is 3.04. The van der Waals surface area contributed by atoms with Crippen molar-refractivity contribution >= 4 is 0 Å². The molecule has 1 aliphatic carbocycles. The second kappa shape index (κ2) is 6.59. The van der Waals surface area contributed by atoms with E-state index in [2.05, 4.69) is 4.74 Å². The lowest BCUT2D eigenvalue weighted by molar-refractivity contribution is -0.0277. The number of hydrogen-bond donors (Lipinski definition) is 1. The topological polar surface area (TPSA) is 32.7 Å². The van der Waals surface area contributed by atoms with Crippen LogP contribution in [0.15, 0.2) is 24.2 Å². The molecule has 1 aromatic rings. The second-order valence-electron chi connectivity index (χ2n) is 3.71. The zero-order chi connectivity index (χ0) is 35.5. The summed E-state index contributed by atoms with van der Waals surface area (Å²) in [6.07, 6.45) is -22.0. The normalized spacial score (nSPS) is 53.5. The monoisotopic (exact) mass is 301 g/mol. The van der Waals surface area contributed by atoms with Gasteiger partial charge >= 0.3 is 0 Å². The Morgan fingerprint density at radius 3 is 2.70 bits per heavy atom. The van der Waals surface area contributed by atoms with Crippen LogP contribution in [0.4, 0.5) is 0 Å². The van der Waals surface area contributed by atoms with Gasteiger partial charge in [0.15, 0.2) is 0 Å². The number of hydrogen-bond acceptors (Lipinski definition) is 3. The van der Waals surface area contributed by atoms with Gasteiger partial charge in [0, 0.05) is 35.7 Å². The van der Waals surface area contributed by atoms with Crippen LogP contribution in [0, 0.1) is 0 Å². The first-order valence-corrected chi connectivity index (χ1v) is 5.25. The van der Waals surface area contributed by atoms with E-state index in [0.717, 1.165) is 0 Å². The average Bonchev–Trinajstić information content (AvgIpc) is 2.80. The Morgan fingerprint density at radius 2 is 2.10 bits per heavy atom. The molecule has 1 aliphatic rings. The molecule has 20 heavy (non-hydrogen) atoms. The fraction of sp³-hybridized carbons (Fsp3) is 0.647. The fourth-order valence-electron chi connectivity index (χ4n) is 1.49. The minimum Gasteiger partial charge on any atom is -0.497 e. The fourth-order valence-corrected chi connectivity index (χ4v) is 1.49. The van der Waals surface area contributed by atoms with Crippen LogP contribution in [0.1, 0.15) is 76.2 Å². The first kappa shape index (κ1) is 3.16. The Hall–Kier alpha value is -1.06. The van der Waals surface area contributed by atoms with E-state index in [-0.39, 0.29) is 0 Å². The maximum absolute atomic E-state index is 12.1. The molecule has 0 radical (unpaired) electrons. The molecule has 1 aromatic carbocycles. The highest BCUT2D eigenvalue weighted by Crippen LogP contribution is 2.40. The summed E-state index contributed by atoms with van der Waals surface area (Å²) in [4.78, 5) is -0.593. The van der Waals surface area contributed by atoms with Crippen molar-refractivity contribution in [1.82, 2.24) is 4.90 Å². The van der Waals surface area contributed by atoms with Crippen LogP contribution in [0.2, 0.25) is 0 Å². The summed E-state index contributed by atoms with van der Waals surface area (Å²) in [5.74, 6) is -5.60. The molecule has 1 saturated carbocycles. The molecule has 0 heterocycles. The summed E-state index contributed by atoms with van der Waals surface area (Å²) in [5, 5.41) is 12.1. The zero-order valence-electron chi connectivity index (χ0n) is 34.0. The van der Waals surface area contributed by atoms with Gasteiger partial charge in [-0.05, 0) is 44.3 Å². The van der Waals surface area contributed by atoms with Crippen LogP contribution in [0.5, 0.6) is 5.75 Å². The molecule has 0 spiro atoms. The van der Waals surface area contributed by atoms with Crippen LogP contribution >= 0.6 is 0 Å². The Kier molecular flexibility index (Phi) is 1.04. The van der Waals surface area contributed by atoms with Gasteiger partial charge < -0.3 is 14.7 Å². The molecular weight excluding hydrogens is 250 g/mol. The summed E-state index contributed by atoms with van der Waals surface area (Å²) in [7, 11) is -3.42. The highest BCUT2D eigenvalue weighted by Gasteiger charge is 2.38. The molecule has 1 fully saturated rings. The summed E-state index contributed by atoms with van der Waals surface area (Å²) in [6, 6.07) is -6.23. The summed E-state index contributed by atoms with van der Waals surface area (Å²) in [6.45, 7) is -9.89. The van der Waals surface area contributed by atoms with E-state index in [1.807, 2.05) is 0 Å². The van der Waals surface area contributed by atoms with Crippen molar-refractivity contribution in [2.24, 2.45) is 0 Å². The smallest absolute Gasteiger partial charge is 0.118 e. The average molecular weight is 302 g/mol. The lowest BCUT2D eigenvalue weighted by Gasteiger charge is -2.40. The van der Waals surface area contributed by atoms with E-state index >= 15 is 0 Å². The molecule has 0 bridgehead atoms. The Bertz CT molecular complexity index is 1220. The maximum atomic E-state index is 12.1. The molecule has 0 amide bonds. The number of ether oxygens (including phenoxy) is 1. The number of nitrogens with zero attached hydrogens (tertiary/aromatic N) is 1. The Labute approximate surface area is 156 Å². The van der Waals surface area contributed by atoms with Crippen LogP contribution in [-0.2, 0) is 0 Å². The lowest BCUT2D eigenvalue weighted by Crippen LogP contribution is -2.42. The molecule has 3 heteroatoms. The highest BCUT2D eigenvalue weighted by molar-refractivity contribution is 5.31. The minimum atomic E-state index is -4.79. The van der Waals surface area contributed by atoms with E-state index in [1.165, 1.54) is 0 Å². The summed E-state index contributed by atoms with van der Waals surface area (Å²) >= 11 is 0. The molecule has 0 saturated heterocycles. The Balaban J connectivity index is 3.36. The van der Waals surface area contributed by atoms with Gasteiger partial charge in [-0.1, -0.05) is 31.2 Å². The van der Waals surface area contributed by atoms with Crippen molar-refractivity contribution in [3.05, 3.63) is 29.7 Å². The number of likely N-dealkylation sites (N-methyl/N-ethyl adjacent to an activating group) is 1. The van der Waals surface area contributed by atoms with Crippen LogP contribution in [0.25, 0.3) is 0 Å². The van der Waals surface area contributed by atoms with Gasteiger partial charge in [0.2, 0.25) is 0 Å². The predicted molar refractivity (Wildman–Crippen MR) is 82.3 cm³/mol. The van der Waals surface area contributed by atoms with E-state index in [9.17, 15) is 6.48 Å². The van der Waals surface area contributed by atoms with Crippen LogP contribution < -0.4 is 4.74 Å². The first-order chi connectivity index (χ1) is 18.9. The van der Waals surface area contributed by atoms with Crippen LogP contribution in [-0.4, -0.2) is 43.1 Å². The lowest BCUT2D eigenvalue weighted by atomic mass is 9.72. The number of methoxy groups -OCH3 is 1. The molecule has 0 aliphatic heterocycles. The minimum absolute atomic E-state index is 0.593. The van der Waals surface area contributed by atoms with E-state index in [1.54, 1.807) is 0 Å². The molecule has 3 nitrogen and oxygen atoms in total. The molecule has 0 aromatic heterocycles. The van der Waals surface area contributed by atoms with Crippen molar-refractivity contribution in [2.45, 2.75) is 43.4 Å². The molecule has 112 valence electrons. The summed E-state index contributed by atoms with van der Waals surface area (Å²) < 4.78 is 198. The number of benzene rings is 1. The van der Waals surface area contributed by atoms with Gasteiger partial charge in [0.25, 0.3) is 0 Å². The standard InChI is InChI=1S/C17H27NO2/c1-18(2)13-16(17(19)11-5-4-6-12-17)14-7-9-15(20-3)10-8-14/h7-10,16,19H,4-6,11-13H2,1-3H3/i1D3,2D3,3D3,4D2,5D2,6D2,7D,8D,9D,10D,11D2,12D2,16D. The Morgan fingerprint density at radius 1 is 1.40 bits per heavy atom. The highest BCUT2D eigenvalue weighted by atomic mass is 16.5. The molecule has 1 N–H and O–H groups in total. The van der Waals surface area contributed by atoms with Gasteiger partial charge in [-0.3, -0.25) is 0 Å². The third-order valence-corrected chi connectivity index (χ3v) is 2.37. The van der Waals surface area contributed by atoms with Crippen molar-refractivity contribution < 1.29 is 42.7 Å². The van der Waals surface area contributed by atoms with Gasteiger partial charge in [-0.15, -0.1) is 0 Å². The zero-order valence-corrected chi connectivity index (χ0v) is 10.0. The third kappa shape index (κ3) is 3.53. The first-order valence-electron chi connectivity index (χ1n) is 17.2. The van der Waals surface area contributed by atoms with Crippen molar-refractivity contribution in [3.63, 3.8) is 0 Å². The SMILES string of the molecule is [2H]c1c([2H])c(C([2H])(CN(C([2H])([2H])[2H])C([2H])([2H])[2H])C2(O)C([2H])([2H])C([2H])([2H])C([2H])([2H])C([2H])([2H])C2([2H])[2H])c([2H])c([2H])c1OC([2H])([2H])[2H]. The van der Waals surface area contributed by atoms with Crippen molar-refractivity contribution in [1.29, 1.82) is 0 Å². The van der Waals surface area contributed by atoms with Crippen molar-refractivity contribution in [2.75, 3.05) is 27.5 Å². The van der Waals surface area contributed by atoms with Gasteiger partial charge in [0.1, 0.15) is 5.75 Å². The molecule has 2 rings (SSSR count). The van der Waals surface area contributed by atoms with Gasteiger partial charge in [-0.2, -0.15) is 0 Å². The maximum Gasteiger partial charge on any atom is 0.118 e. The van der Waals surface area contributed by atoms with E-state index in [4.69, 9.17) is 31.5 Å². The summed E-state index contributed by atoms with van der Waals surface area (Å²) in [5.41, 5.74) is -6.51. The molecule has 1 unspecified atom stereocenters.